The third kappa shape index (κ3) is 6.77. The van der Waals surface area contributed by atoms with Gasteiger partial charge in [0.05, 0.1) is 4.88 Å². The molecule has 0 atom stereocenters. The highest BCUT2D eigenvalue weighted by Crippen LogP contribution is 2.17. The summed E-state index contributed by atoms with van der Waals surface area (Å²) in [5.41, 5.74) is 0. The van der Waals surface area contributed by atoms with Gasteiger partial charge >= 0.3 is 0 Å². The van der Waals surface area contributed by atoms with E-state index in [1.54, 1.807) is 6.07 Å². The van der Waals surface area contributed by atoms with E-state index in [0.717, 1.165) is 19.5 Å². The lowest BCUT2D eigenvalue weighted by atomic mass is 9.93. The van der Waals surface area contributed by atoms with Crippen LogP contribution in [0.2, 0.25) is 0 Å². The van der Waals surface area contributed by atoms with E-state index in [0.29, 0.717) is 30.3 Å². The first-order chi connectivity index (χ1) is 10.3. The minimum absolute atomic E-state index is 0. The predicted molar refractivity (Wildman–Crippen MR) is 91.7 cm³/mol. The molecule has 2 heterocycles. The van der Waals surface area contributed by atoms with Crippen molar-refractivity contribution < 1.29 is 9.59 Å². The average molecular weight is 346 g/mol. The van der Waals surface area contributed by atoms with Crippen LogP contribution in [0.25, 0.3) is 0 Å². The van der Waals surface area contributed by atoms with E-state index in [4.69, 9.17) is 0 Å². The SMILES string of the molecule is Cl.O=C(CCC1CCNCC1)NCCNC(=O)c1cccs1. The van der Waals surface area contributed by atoms with Gasteiger partial charge in [0.25, 0.3) is 5.91 Å². The number of piperidine rings is 1. The van der Waals surface area contributed by atoms with Crippen LogP contribution < -0.4 is 16.0 Å². The van der Waals surface area contributed by atoms with Crippen LogP contribution in [0.5, 0.6) is 0 Å². The molecule has 1 saturated heterocycles. The number of amides is 2. The van der Waals surface area contributed by atoms with E-state index in [1.807, 2.05) is 11.4 Å². The van der Waals surface area contributed by atoms with Crippen LogP contribution in [-0.4, -0.2) is 38.0 Å². The van der Waals surface area contributed by atoms with Crippen molar-refractivity contribution in [2.75, 3.05) is 26.2 Å². The van der Waals surface area contributed by atoms with Gasteiger partial charge in [0.2, 0.25) is 5.91 Å². The van der Waals surface area contributed by atoms with Crippen molar-refractivity contribution >= 4 is 35.6 Å². The molecule has 1 aromatic heterocycles. The van der Waals surface area contributed by atoms with Gasteiger partial charge in [-0.15, -0.1) is 23.7 Å². The van der Waals surface area contributed by atoms with Gasteiger partial charge in [-0.25, -0.2) is 0 Å². The van der Waals surface area contributed by atoms with Gasteiger partial charge in [-0.3, -0.25) is 9.59 Å². The van der Waals surface area contributed by atoms with Crippen molar-refractivity contribution in [3.8, 4) is 0 Å². The maximum absolute atomic E-state index is 11.7. The van der Waals surface area contributed by atoms with E-state index in [-0.39, 0.29) is 24.2 Å². The van der Waals surface area contributed by atoms with Gasteiger partial charge in [0.1, 0.15) is 0 Å². The number of hydrogen-bond donors (Lipinski definition) is 3. The van der Waals surface area contributed by atoms with Gasteiger partial charge in [-0.2, -0.15) is 0 Å². The van der Waals surface area contributed by atoms with Crippen molar-refractivity contribution in [3.63, 3.8) is 0 Å². The summed E-state index contributed by atoms with van der Waals surface area (Å²) in [6, 6.07) is 3.64. The molecule has 0 aliphatic carbocycles. The maximum Gasteiger partial charge on any atom is 0.261 e. The van der Waals surface area contributed by atoms with Crippen LogP contribution in [0.3, 0.4) is 0 Å². The van der Waals surface area contributed by atoms with Gasteiger partial charge in [-0.05, 0) is 49.7 Å². The Morgan fingerprint density at radius 1 is 1.23 bits per heavy atom. The van der Waals surface area contributed by atoms with Crippen LogP contribution in [0.1, 0.15) is 35.4 Å². The zero-order valence-corrected chi connectivity index (χ0v) is 14.2. The van der Waals surface area contributed by atoms with Gasteiger partial charge in [-0.1, -0.05) is 6.07 Å². The summed E-state index contributed by atoms with van der Waals surface area (Å²) in [6.45, 7) is 3.10. The molecule has 0 saturated carbocycles. The fraction of sp³-hybridized carbons (Fsp3) is 0.600. The first kappa shape index (κ1) is 18.9. The van der Waals surface area contributed by atoms with Crippen LogP contribution >= 0.6 is 23.7 Å². The molecule has 0 spiro atoms. The molecule has 124 valence electrons. The highest BCUT2D eigenvalue weighted by atomic mass is 35.5. The third-order valence-electron chi connectivity index (χ3n) is 3.72. The van der Waals surface area contributed by atoms with Crippen molar-refractivity contribution in [1.82, 2.24) is 16.0 Å². The summed E-state index contributed by atoms with van der Waals surface area (Å²) in [5, 5.41) is 10.9. The summed E-state index contributed by atoms with van der Waals surface area (Å²) in [7, 11) is 0. The minimum Gasteiger partial charge on any atom is -0.354 e. The smallest absolute Gasteiger partial charge is 0.261 e. The Bertz CT molecular complexity index is 448. The van der Waals surface area contributed by atoms with Crippen molar-refractivity contribution in [2.24, 2.45) is 5.92 Å². The van der Waals surface area contributed by atoms with Crippen molar-refractivity contribution in [3.05, 3.63) is 22.4 Å². The third-order valence-corrected chi connectivity index (χ3v) is 4.58. The van der Waals surface area contributed by atoms with Crippen LogP contribution in [0.4, 0.5) is 0 Å². The lowest BCUT2D eigenvalue weighted by Gasteiger charge is -2.22. The summed E-state index contributed by atoms with van der Waals surface area (Å²) in [5.74, 6) is 0.684. The Morgan fingerprint density at radius 3 is 2.64 bits per heavy atom. The molecule has 0 unspecified atom stereocenters. The van der Waals surface area contributed by atoms with Gasteiger partial charge in [0, 0.05) is 19.5 Å². The molecule has 0 aromatic carbocycles. The highest BCUT2D eigenvalue weighted by Gasteiger charge is 2.14. The van der Waals surface area contributed by atoms with Crippen LogP contribution in [0.15, 0.2) is 17.5 Å². The first-order valence-corrected chi connectivity index (χ1v) is 8.43. The topological polar surface area (TPSA) is 70.2 Å². The number of carbonyl (C=O) groups is 2. The lowest BCUT2D eigenvalue weighted by Crippen LogP contribution is -2.35. The predicted octanol–water partition coefficient (Wildman–Crippen LogP) is 1.80. The lowest BCUT2D eigenvalue weighted by molar-refractivity contribution is -0.121. The highest BCUT2D eigenvalue weighted by molar-refractivity contribution is 7.12. The van der Waals surface area contributed by atoms with E-state index in [2.05, 4.69) is 16.0 Å². The van der Waals surface area contributed by atoms with Crippen LogP contribution in [-0.2, 0) is 4.79 Å². The second kappa shape index (κ2) is 10.6. The van der Waals surface area contributed by atoms with E-state index in [9.17, 15) is 9.59 Å². The molecule has 1 aromatic rings. The molecule has 0 radical (unpaired) electrons. The Labute approximate surface area is 141 Å². The second-order valence-corrected chi connectivity index (χ2v) is 6.26. The maximum atomic E-state index is 11.7. The summed E-state index contributed by atoms with van der Waals surface area (Å²) in [6.07, 6.45) is 3.90. The van der Waals surface area contributed by atoms with Crippen LogP contribution in [0, 0.1) is 5.92 Å². The summed E-state index contributed by atoms with van der Waals surface area (Å²) < 4.78 is 0. The molecule has 3 N–H and O–H groups in total. The van der Waals surface area contributed by atoms with E-state index in [1.165, 1.54) is 24.2 Å². The minimum atomic E-state index is -0.0750. The molecule has 5 nitrogen and oxygen atoms in total. The molecule has 2 amide bonds. The van der Waals surface area contributed by atoms with Gasteiger partial charge < -0.3 is 16.0 Å². The number of carbonyl (C=O) groups excluding carboxylic acids is 2. The average Bonchev–Trinajstić information content (AvgIpc) is 3.05. The Morgan fingerprint density at radius 2 is 1.95 bits per heavy atom. The molecule has 7 heteroatoms. The van der Waals surface area contributed by atoms with Crippen molar-refractivity contribution in [1.29, 1.82) is 0 Å². The Balaban J connectivity index is 0.00000242. The van der Waals surface area contributed by atoms with Gasteiger partial charge in [0.15, 0.2) is 0 Å². The molecular formula is C15H24ClN3O2S. The molecular weight excluding hydrogens is 322 g/mol. The molecule has 1 aliphatic heterocycles. The number of hydrogen-bond acceptors (Lipinski definition) is 4. The molecule has 2 rings (SSSR count). The fourth-order valence-corrected chi connectivity index (χ4v) is 3.11. The van der Waals surface area contributed by atoms with E-state index >= 15 is 0 Å². The summed E-state index contributed by atoms with van der Waals surface area (Å²) >= 11 is 1.41. The zero-order valence-electron chi connectivity index (χ0n) is 12.6. The Kier molecular flexibility index (Phi) is 9.11. The Hall–Kier alpha value is -1.11. The molecule has 22 heavy (non-hydrogen) atoms. The monoisotopic (exact) mass is 345 g/mol. The molecule has 1 aliphatic rings. The van der Waals surface area contributed by atoms with Crippen molar-refractivity contribution in [2.45, 2.75) is 25.7 Å². The number of halogens is 1. The zero-order chi connectivity index (χ0) is 14.9. The van der Waals surface area contributed by atoms with E-state index < -0.39 is 0 Å². The number of thiophene rings is 1. The fourth-order valence-electron chi connectivity index (χ4n) is 2.47. The summed E-state index contributed by atoms with van der Waals surface area (Å²) in [4.78, 5) is 24.1. The molecule has 0 bridgehead atoms. The first-order valence-electron chi connectivity index (χ1n) is 7.55. The standard InChI is InChI=1S/C15H23N3O2S.ClH/c19-14(4-3-12-5-7-16-8-6-12)17-9-10-18-15(20)13-2-1-11-21-13;/h1-2,11-12,16H,3-10H2,(H,17,19)(H,18,20);1H. The largest absolute Gasteiger partial charge is 0.354 e. The molecule has 1 fully saturated rings. The quantitative estimate of drug-likeness (QED) is 0.660. The number of rotatable bonds is 7. The number of nitrogens with one attached hydrogen (secondary N) is 3. The normalized spacial score (nSPS) is 14.9. The second-order valence-electron chi connectivity index (χ2n) is 5.32.